The Morgan fingerprint density at radius 1 is 1.08 bits per heavy atom. The third kappa shape index (κ3) is 4.75. The Bertz CT molecular complexity index is 1490. The van der Waals surface area contributed by atoms with Gasteiger partial charge in [-0.05, 0) is 78.9 Å². The summed E-state index contributed by atoms with van der Waals surface area (Å²) < 4.78 is 34.2. The predicted octanol–water partition coefficient (Wildman–Crippen LogP) is 4.42. The number of hydrogen-bond acceptors (Lipinski definition) is 5. The molecule has 0 bridgehead atoms. The maximum absolute atomic E-state index is 13.3. The molecule has 0 saturated carbocycles. The molecule has 0 amide bonds. The van der Waals surface area contributed by atoms with Crippen molar-refractivity contribution in [1.82, 2.24) is 4.90 Å². The summed E-state index contributed by atoms with van der Waals surface area (Å²) in [7, 11) is -3.53. The number of nitrogen functional groups attached to an aromatic ring is 1. The van der Waals surface area contributed by atoms with Gasteiger partial charge in [-0.15, -0.1) is 0 Å². The molecular weight excluding hydrogens is 486 g/mol. The van der Waals surface area contributed by atoms with Gasteiger partial charge in [0.05, 0.1) is 29.4 Å². The fourth-order valence-electron chi connectivity index (χ4n) is 5.51. The molecule has 0 spiro atoms. The van der Waals surface area contributed by atoms with E-state index in [1.54, 1.807) is 11.2 Å². The first kappa shape index (κ1) is 25.1. The van der Waals surface area contributed by atoms with E-state index in [9.17, 15) is 8.42 Å². The molecule has 3 aromatic rings. The fourth-order valence-corrected chi connectivity index (χ4v) is 6.85. The summed E-state index contributed by atoms with van der Waals surface area (Å²) >= 11 is 0. The molecule has 9 heteroatoms. The zero-order valence-electron chi connectivity index (χ0n) is 21.2. The molecule has 4 N–H and O–H groups in total. The molecule has 2 aliphatic heterocycles. The van der Waals surface area contributed by atoms with Crippen molar-refractivity contribution in [2.45, 2.75) is 45.2 Å². The van der Waals surface area contributed by atoms with Crippen LogP contribution in [0.4, 0.5) is 5.69 Å². The van der Waals surface area contributed by atoms with E-state index >= 15 is 0 Å². The Kier molecular flexibility index (Phi) is 6.58. The number of anilines is 1. The number of nitrogens with one attached hydrogen (secondary N) is 2. The van der Waals surface area contributed by atoms with Gasteiger partial charge in [0.2, 0.25) is 10.0 Å². The van der Waals surface area contributed by atoms with Crippen molar-refractivity contribution in [3.8, 4) is 5.75 Å². The monoisotopic (exact) mass is 519 g/mol. The Balaban J connectivity index is 1.46. The van der Waals surface area contributed by atoms with Crippen LogP contribution in [-0.4, -0.2) is 49.9 Å². The predicted molar refractivity (Wildman–Crippen MR) is 148 cm³/mol. The SMILES string of the molecule is CCS(=O)(=O)N1c2ccc(OC[C@@H]3CCCN3C(C)=N)cc2C[C@@H]1c1ccc2ccc(C(=N)N)cc2c1. The van der Waals surface area contributed by atoms with Gasteiger partial charge in [-0.1, -0.05) is 24.3 Å². The van der Waals surface area contributed by atoms with Crippen molar-refractivity contribution in [3.05, 3.63) is 71.3 Å². The quantitative estimate of drug-likeness (QED) is 0.315. The van der Waals surface area contributed by atoms with Crippen LogP contribution in [0.25, 0.3) is 10.8 Å². The molecule has 0 radical (unpaired) electrons. The lowest BCUT2D eigenvalue weighted by molar-refractivity contribution is 0.226. The van der Waals surface area contributed by atoms with Gasteiger partial charge in [0.1, 0.15) is 18.2 Å². The molecule has 0 unspecified atom stereocenters. The lowest BCUT2D eigenvalue weighted by Gasteiger charge is -2.27. The fraction of sp³-hybridized carbons (Fsp3) is 0.357. The Hall–Kier alpha value is -3.59. The minimum absolute atomic E-state index is 0.000192. The summed E-state index contributed by atoms with van der Waals surface area (Å²) in [5, 5.41) is 17.7. The van der Waals surface area contributed by atoms with Crippen LogP contribution in [0.1, 0.15) is 49.4 Å². The number of ether oxygens (including phenoxy) is 1. The van der Waals surface area contributed by atoms with Gasteiger partial charge >= 0.3 is 0 Å². The van der Waals surface area contributed by atoms with Gasteiger partial charge < -0.3 is 15.4 Å². The van der Waals surface area contributed by atoms with E-state index < -0.39 is 10.0 Å². The van der Waals surface area contributed by atoms with E-state index in [0.717, 1.165) is 41.3 Å². The first-order chi connectivity index (χ1) is 17.7. The molecule has 0 aliphatic carbocycles. The highest BCUT2D eigenvalue weighted by atomic mass is 32.2. The van der Waals surface area contributed by atoms with E-state index in [1.165, 1.54) is 0 Å². The zero-order valence-corrected chi connectivity index (χ0v) is 22.0. The van der Waals surface area contributed by atoms with Crippen molar-refractivity contribution < 1.29 is 13.2 Å². The average Bonchev–Trinajstić information content (AvgIpc) is 3.51. The summed E-state index contributed by atoms with van der Waals surface area (Å²) in [6, 6.07) is 17.1. The van der Waals surface area contributed by atoms with E-state index in [-0.39, 0.29) is 23.7 Å². The molecule has 3 aromatic carbocycles. The average molecular weight is 520 g/mol. The third-order valence-corrected chi connectivity index (χ3v) is 9.24. The second-order valence-electron chi connectivity index (χ2n) is 9.83. The largest absolute Gasteiger partial charge is 0.491 e. The van der Waals surface area contributed by atoms with E-state index in [0.29, 0.717) is 35.9 Å². The molecule has 2 atom stereocenters. The summed E-state index contributed by atoms with van der Waals surface area (Å²) in [6.07, 6.45) is 2.59. The number of amidine groups is 2. The molecule has 0 aromatic heterocycles. The Morgan fingerprint density at radius 3 is 2.59 bits per heavy atom. The molecule has 1 saturated heterocycles. The maximum Gasteiger partial charge on any atom is 0.235 e. The van der Waals surface area contributed by atoms with Crippen LogP contribution >= 0.6 is 0 Å². The zero-order chi connectivity index (χ0) is 26.3. The number of fused-ring (bicyclic) bond motifs is 2. The van der Waals surface area contributed by atoms with Gasteiger partial charge in [0.15, 0.2) is 0 Å². The number of nitrogens with zero attached hydrogens (tertiary/aromatic N) is 2. The van der Waals surface area contributed by atoms with Crippen molar-refractivity contribution >= 4 is 38.2 Å². The van der Waals surface area contributed by atoms with Crippen LogP contribution in [0.3, 0.4) is 0 Å². The van der Waals surface area contributed by atoms with Crippen LogP contribution < -0.4 is 14.8 Å². The molecule has 2 aliphatic rings. The Morgan fingerprint density at radius 2 is 1.86 bits per heavy atom. The van der Waals surface area contributed by atoms with Crippen LogP contribution in [0.15, 0.2) is 54.6 Å². The lowest BCUT2D eigenvalue weighted by Crippen LogP contribution is -2.37. The minimum Gasteiger partial charge on any atom is -0.491 e. The maximum atomic E-state index is 13.3. The summed E-state index contributed by atoms with van der Waals surface area (Å²) in [5.41, 5.74) is 8.85. The molecule has 194 valence electrons. The lowest BCUT2D eigenvalue weighted by atomic mass is 9.98. The topological polar surface area (TPSA) is 124 Å². The number of benzene rings is 3. The van der Waals surface area contributed by atoms with Gasteiger partial charge in [-0.25, -0.2) is 8.42 Å². The second kappa shape index (κ2) is 9.70. The highest BCUT2D eigenvalue weighted by Gasteiger charge is 2.38. The number of hydrogen-bond donors (Lipinski definition) is 3. The van der Waals surface area contributed by atoms with E-state index in [1.807, 2.05) is 61.5 Å². The summed E-state index contributed by atoms with van der Waals surface area (Å²) in [6.45, 7) is 4.86. The number of sulfonamides is 1. The van der Waals surface area contributed by atoms with Gasteiger partial charge in [-0.3, -0.25) is 15.1 Å². The van der Waals surface area contributed by atoms with Gasteiger partial charge in [0.25, 0.3) is 0 Å². The van der Waals surface area contributed by atoms with Crippen molar-refractivity contribution in [2.75, 3.05) is 23.2 Å². The second-order valence-corrected chi connectivity index (χ2v) is 12.0. The van der Waals surface area contributed by atoms with Gasteiger partial charge in [-0.2, -0.15) is 0 Å². The standard InChI is InChI=1S/C28H33N5O3S/c1-3-37(34,35)33-26-11-10-25(36-17-24-5-4-12-32(24)18(2)29)15-23(26)16-27(33)20-8-6-19-7-9-21(28(30)31)14-22(19)13-20/h6-11,13-15,24,27,29H,3-5,12,16-17H2,1-2H3,(H3,30,31)/t24-,27+/m0/s1. The molecule has 5 rings (SSSR count). The molecule has 37 heavy (non-hydrogen) atoms. The molecular formula is C28H33N5O3S. The van der Waals surface area contributed by atoms with E-state index in [4.69, 9.17) is 21.3 Å². The number of rotatable bonds is 7. The molecule has 8 nitrogen and oxygen atoms in total. The smallest absolute Gasteiger partial charge is 0.235 e. The Labute approximate surface area is 218 Å². The molecule has 2 heterocycles. The molecule has 1 fully saturated rings. The van der Waals surface area contributed by atoms with Crippen molar-refractivity contribution in [1.29, 1.82) is 10.8 Å². The first-order valence-electron chi connectivity index (χ1n) is 12.7. The minimum atomic E-state index is -3.53. The van der Waals surface area contributed by atoms with Gasteiger partial charge in [0, 0.05) is 18.5 Å². The normalized spacial score (nSPS) is 19.3. The summed E-state index contributed by atoms with van der Waals surface area (Å²) in [5.74, 6) is 1.28. The summed E-state index contributed by atoms with van der Waals surface area (Å²) in [4.78, 5) is 2.08. The van der Waals surface area contributed by atoms with Crippen LogP contribution in [0.2, 0.25) is 0 Å². The van der Waals surface area contributed by atoms with Crippen molar-refractivity contribution in [3.63, 3.8) is 0 Å². The highest BCUT2D eigenvalue weighted by Crippen LogP contribution is 2.44. The van der Waals surface area contributed by atoms with E-state index in [2.05, 4.69) is 4.90 Å². The van der Waals surface area contributed by atoms with Crippen molar-refractivity contribution in [2.24, 2.45) is 5.73 Å². The first-order valence-corrected chi connectivity index (χ1v) is 14.3. The van der Waals surface area contributed by atoms with Crippen LogP contribution in [-0.2, 0) is 16.4 Å². The highest BCUT2D eigenvalue weighted by molar-refractivity contribution is 7.92. The van der Waals surface area contributed by atoms with Crippen LogP contribution in [0.5, 0.6) is 5.75 Å². The number of likely N-dealkylation sites (tertiary alicyclic amines) is 1. The van der Waals surface area contributed by atoms with Crippen LogP contribution in [0, 0.1) is 10.8 Å². The number of nitrogens with two attached hydrogens (primary N) is 1. The third-order valence-electron chi connectivity index (χ3n) is 7.46.